The summed E-state index contributed by atoms with van der Waals surface area (Å²) in [6.45, 7) is -4.82. The van der Waals surface area contributed by atoms with E-state index in [1.165, 1.54) is 7.11 Å². The number of ether oxygens (including phenoxy) is 12. The molecule has 0 amide bonds. The van der Waals surface area contributed by atoms with Crippen molar-refractivity contribution in [2.45, 2.75) is 184 Å². The first kappa shape index (κ1) is 56.1. The summed E-state index contributed by atoms with van der Waals surface area (Å²) in [6, 6.07) is 0. The molecular formula is C37H64O31. The first-order valence-electron chi connectivity index (χ1n) is 21.5. The Kier molecular flexibility index (Phi) is 19.9. The highest BCUT2D eigenvalue weighted by Crippen LogP contribution is 2.35. The third kappa shape index (κ3) is 11.6. The minimum atomic E-state index is -2.09. The van der Waals surface area contributed by atoms with Crippen LogP contribution in [0.25, 0.3) is 0 Å². The zero-order chi connectivity index (χ0) is 50.0. The fraction of sp³-hybridized carbons (Fsp3) is 1.00. The van der Waals surface area contributed by atoms with Gasteiger partial charge in [-0.25, -0.2) is 0 Å². The highest BCUT2D eigenvalue weighted by Gasteiger charge is 2.56. The van der Waals surface area contributed by atoms with E-state index < -0.39 is 217 Å². The van der Waals surface area contributed by atoms with E-state index in [2.05, 4.69) is 0 Å². The normalized spacial score (nSPS) is 52.8. The number of rotatable bonds is 17. The first-order chi connectivity index (χ1) is 32.2. The van der Waals surface area contributed by atoms with Crippen LogP contribution < -0.4 is 0 Å². The number of hydrogen-bond donors (Lipinski definition) is 19. The van der Waals surface area contributed by atoms with Gasteiger partial charge in [-0.1, -0.05) is 0 Å². The Bertz CT molecular complexity index is 1520. The number of aliphatic hydroxyl groups excluding tert-OH is 19. The predicted octanol–water partition coefficient (Wildman–Crippen LogP) is -13.4. The van der Waals surface area contributed by atoms with Gasteiger partial charge in [-0.2, -0.15) is 0 Å². The molecule has 31 heteroatoms. The number of methoxy groups -OCH3 is 1. The van der Waals surface area contributed by atoms with Crippen LogP contribution in [0.3, 0.4) is 0 Å². The van der Waals surface area contributed by atoms with Gasteiger partial charge in [0.25, 0.3) is 0 Å². The molecule has 0 radical (unpaired) electrons. The largest absolute Gasteiger partial charge is 0.394 e. The SMILES string of the molecule is COCC1O[C@H](O[C@@H]2C(CO)O[C@H](O[C@@H]3C(CO)O[C@H](OCC4O[C@H](O[C@@H]5C(CO)O[C@H](O[C@@H]6C(CO)O[C@@H](O)C(O)[C@H]6O)C(O)[C@H]5O)C(O)[C@@H](O)[C@@H]4O)C(O)[C@H]3O)C(O)[C@H]2O)C(O)[C@@H](O)[C@@H]1O. The summed E-state index contributed by atoms with van der Waals surface area (Å²) < 4.78 is 65.7. The second-order valence-corrected chi connectivity index (χ2v) is 17.1. The molecule has 0 aromatic heterocycles. The van der Waals surface area contributed by atoms with E-state index >= 15 is 0 Å². The van der Waals surface area contributed by atoms with Gasteiger partial charge in [0, 0.05) is 7.11 Å². The van der Waals surface area contributed by atoms with Crippen LogP contribution in [0.4, 0.5) is 0 Å². The van der Waals surface area contributed by atoms with Gasteiger partial charge < -0.3 is 154 Å². The molecule has 6 rings (SSSR count). The summed E-state index contributed by atoms with van der Waals surface area (Å²) in [6.07, 6.45) is -55.1. The number of hydrogen-bond acceptors (Lipinski definition) is 31. The predicted molar refractivity (Wildman–Crippen MR) is 204 cm³/mol. The van der Waals surface area contributed by atoms with Crippen LogP contribution in [0.5, 0.6) is 0 Å². The van der Waals surface area contributed by atoms with Gasteiger partial charge >= 0.3 is 0 Å². The highest BCUT2D eigenvalue weighted by molar-refractivity contribution is 4.99. The molecule has 398 valence electrons. The number of aliphatic hydroxyl groups is 19. The van der Waals surface area contributed by atoms with Crippen LogP contribution >= 0.6 is 0 Å². The third-order valence-corrected chi connectivity index (χ3v) is 12.6. The average Bonchev–Trinajstić information content (AvgIpc) is 3.32. The lowest BCUT2D eigenvalue weighted by Crippen LogP contribution is -2.67. The summed E-state index contributed by atoms with van der Waals surface area (Å²) in [5.41, 5.74) is 0. The van der Waals surface area contributed by atoms with Crippen LogP contribution in [0.2, 0.25) is 0 Å². The van der Waals surface area contributed by atoms with E-state index in [9.17, 15) is 97.0 Å². The topological polar surface area (TPSA) is 495 Å². The van der Waals surface area contributed by atoms with Crippen LogP contribution in [0, 0.1) is 0 Å². The first-order valence-corrected chi connectivity index (χ1v) is 21.5. The monoisotopic (exact) mass is 1000 g/mol. The van der Waals surface area contributed by atoms with Crippen molar-refractivity contribution in [3.63, 3.8) is 0 Å². The van der Waals surface area contributed by atoms with Gasteiger partial charge in [-0.3, -0.25) is 0 Å². The molecule has 6 aliphatic heterocycles. The smallest absolute Gasteiger partial charge is 0.187 e. The highest BCUT2D eigenvalue weighted by atomic mass is 16.8. The summed E-state index contributed by atoms with van der Waals surface area (Å²) >= 11 is 0. The summed E-state index contributed by atoms with van der Waals surface area (Å²) in [5.74, 6) is 0. The van der Waals surface area contributed by atoms with Gasteiger partial charge in [0.1, 0.15) is 146 Å². The van der Waals surface area contributed by atoms with Gasteiger partial charge in [0.2, 0.25) is 0 Å². The minimum Gasteiger partial charge on any atom is -0.394 e. The molecule has 12 unspecified atom stereocenters. The minimum absolute atomic E-state index is 0.256. The van der Waals surface area contributed by atoms with Crippen molar-refractivity contribution in [3.05, 3.63) is 0 Å². The zero-order valence-corrected chi connectivity index (χ0v) is 36.0. The van der Waals surface area contributed by atoms with E-state index in [1.807, 2.05) is 0 Å². The molecular weight excluding hydrogens is 940 g/mol. The molecule has 19 N–H and O–H groups in total. The van der Waals surface area contributed by atoms with Gasteiger partial charge in [0.15, 0.2) is 37.7 Å². The lowest BCUT2D eigenvalue weighted by atomic mass is 9.96. The molecule has 6 fully saturated rings. The lowest BCUT2D eigenvalue weighted by molar-refractivity contribution is -0.385. The molecule has 6 heterocycles. The standard InChI is InChI=1S/C37H64O31/c1-57-6-12-14(42)16(44)23(51)34(63-12)66-30-10(4-40)62-37(27(55)21(30)49)68-29-9(3-39)60-33(25(53)19(29)47)58-7-13-15(43)17(45)24(52)35(64-13)67-31-11(5-41)61-36(26(54)20(31)48)65-28-8(2-38)59-32(56)22(50)18(28)46/h8-56H,2-7H2,1H3/t8?,9?,10?,11?,12?,13?,14-,15-,16+,17+,18-,19-,20-,21-,22?,23?,24?,25?,26?,27?,28-,29-,30-,31-,32-,33+,34-,35-,36-,37-/m1/s1. The van der Waals surface area contributed by atoms with E-state index in [0.717, 1.165) is 0 Å². The molecule has 0 aromatic carbocycles. The molecule has 0 saturated carbocycles. The quantitative estimate of drug-likeness (QED) is 0.0643. The molecule has 0 aliphatic carbocycles. The maximum atomic E-state index is 11.2. The molecule has 30 atom stereocenters. The zero-order valence-electron chi connectivity index (χ0n) is 36.0. The Morgan fingerprint density at radius 3 is 0.926 bits per heavy atom. The van der Waals surface area contributed by atoms with Gasteiger partial charge in [-0.15, -0.1) is 0 Å². The second-order valence-electron chi connectivity index (χ2n) is 17.1. The van der Waals surface area contributed by atoms with E-state index in [0.29, 0.717) is 0 Å². The van der Waals surface area contributed by atoms with Crippen molar-refractivity contribution in [1.82, 2.24) is 0 Å². The fourth-order valence-electron chi connectivity index (χ4n) is 8.57. The van der Waals surface area contributed by atoms with Crippen molar-refractivity contribution < 1.29 is 154 Å². The molecule has 0 spiro atoms. The average molecular weight is 1000 g/mol. The van der Waals surface area contributed by atoms with E-state index in [1.54, 1.807) is 0 Å². The van der Waals surface area contributed by atoms with Crippen molar-refractivity contribution >= 4 is 0 Å². The molecule has 31 nitrogen and oxygen atoms in total. The lowest BCUT2D eigenvalue weighted by Gasteiger charge is -2.48. The summed E-state index contributed by atoms with van der Waals surface area (Å²) in [7, 11) is 1.27. The Morgan fingerprint density at radius 2 is 0.574 bits per heavy atom. The van der Waals surface area contributed by atoms with E-state index in [4.69, 9.17) is 56.8 Å². The van der Waals surface area contributed by atoms with E-state index in [-0.39, 0.29) is 6.61 Å². The van der Waals surface area contributed by atoms with Gasteiger partial charge in [0.05, 0.1) is 39.6 Å². The van der Waals surface area contributed by atoms with Crippen molar-refractivity contribution in [3.8, 4) is 0 Å². The van der Waals surface area contributed by atoms with Crippen LogP contribution in [0.1, 0.15) is 0 Å². The Balaban J connectivity index is 1.05. The Hall–Kier alpha value is -1.24. The van der Waals surface area contributed by atoms with Crippen molar-refractivity contribution in [2.24, 2.45) is 0 Å². The third-order valence-electron chi connectivity index (χ3n) is 12.6. The van der Waals surface area contributed by atoms with Crippen molar-refractivity contribution in [1.29, 1.82) is 0 Å². The molecule has 6 saturated heterocycles. The van der Waals surface area contributed by atoms with Crippen LogP contribution in [0.15, 0.2) is 0 Å². The molecule has 68 heavy (non-hydrogen) atoms. The Morgan fingerprint density at radius 1 is 0.294 bits per heavy atom. The summed E-state index contributed by atoms with van der Waals surface area (Å²) in [5, 5.41) is 200. The fourth-order valence-corrected chi connectivity index (χ4v) is 8.57. The van der Waals surface area contributed by atoms with Gasteiger partial charge in [-0.05, 0) is 0 Å². The molecule has 0 bridgehead atoms. The van der Waals surface area contributed by atoms with Crippen LogP contribution in [-0.2, 0) is 56.8 Å². The van der Waals surface area contributed by atoms with Crippen molar-refractivity contribution in [2.75, 3.05) is 46.8 Å². The molecule has 6 aliphatic rings. The maximum Gasteiger partial charge on any atom is 0.187 e. The second kappa shape index (κ2) is 24.2. The molecule has 0 aromatic rings. The van der Waals surface area contributed by atoms with Crippen LogP contribution in [-0.4, -0.2) is 328 Å². The maximum absolute atomic E-state index is 11.2. The summed E-state index contributed by atoms with van der Waals surface area (Å²) in [4.78, 5) is 0. The Labute approximate surface area is 384 Å².